The van der Waals surface area contributed by atoms with Gasteiger partial charge in [-0.05, 0) is 63.7 Å². The Labute approximate surface area is 125 Å². The zero-order valence-corrected chi connectivity index (χ0v) is 12.9. The smallest absolute Gasteiger partial charge is 0.323 e. The van der Waals surface area contributed by atoms with Crippen LogP contribution in [0.1, 0.15) is 52.4 Å². The first-order chi connectivity index (χ1) is 10.1. The van der Waals surface area contributed by atoms with Crippen LogP contribution in [0.25, 0.3) is 0 Å². The van der Waals surface area contributed by atoms with Crippen LogP contribution in [-0.2, 0) is 19.1 Å². The van der Waals surface area contributed by atoms with Gasteiger partial charge >= 0.3 is 11.9 Å². The normalized spacial score (nSPS) is 32.3. The van der Waals surface area contributed by atoms with Crippen molar-refractivity contribution in [3.05, 3.63) is 11.6 Å². The third-order valence-corrected chi connectivity index (χ3v) is 5.71. The minimum Gasteiger partial charge on any atom is -0.465 e. The zero-order valence-electron chi connectivity index (χ0n) is 12.9. The van der Waals surface area contributed by atoms with Gasteiger partial charge in [0.2, 0.25) is 0 Å². The van der Waals surface area contributed by atoms with Gasteiger partial charge in [-0.15, -0.1) is 0 Å². The molecule has 1 spiro atoms. The highest BCUT2D eigenvalue weighted by atomic mass is 16.6. The van der Waals surface area contributed by atoms with E-state index >= 15 is 0 Å². The van der Waals surface area contributed by atoms with Crippen molar-refractivity contribution in [2.45, 2.75) is 52.4 Å². The Bertz CT molecular complexity index is 475. The molecule has 4 heteroatoms. The predicted octanol–water partition coefficient (Wildman–Crippen LogP) is 3.01. The first-order valence-electron chi connectivity index (χ1n) is 8.13. The Kier molecular flexibility index (Phi) is 3.58. The fourth-order valence-electron chi connectivity index (χ4n) is 4.90. The average Bonchev–Trinajstić information content (AvgIpc) is 3.07. The van der Waals surface area contributed by atoms with E-state index in [1.807, 2.05) is 0 Å². The van der Waals surface area contributed by atoms with Crippen molar-refractivity contribution in [1.82, 2.24) is 0 Å². The molecular weight excluding hydrogens is 268 g/mol. The monoisotopic (exact) mass is 292 g/mol. The predicted molar refractivity (Wildman–Crippen MR) is 77.4 cm³/mol. The topological polar surface area (TPSA) is 52.6 Å². The van der Waals surface area contributed by atoms with Crippen molar-refractivity contribution in [3.63, 3.8) is 0 Å². The minimum atomic E-state index is -1.07. The van der Waals surface area contributed by atoms with Gasteiger partial charge < -0.3 is 9.47 Å². The maximum absolute atomic E-state index is 12.6. The third kappa shape index (κ3) is 1.95. The number of carbonyl (C=O) groups excluding carboxylic acids is 2. The van der Waals surface area contributed by atoms with Crippen LogP contribution >= 0.6 is 0 Å². The van der Waals surface area contributed by atoms with Crippen LogP contribution < -0.4 is 0 Å². The number of hydrogen-bond donors (Lipinski definition) is 0. The first-order valence-corrected chi connectivity index (χ1v) is 8.13. The molecule has 4 nitrogen and oxygen atoms in total. The molecule has 0 radical (unpaired) electrons. The SMILES string of the molecule is CCOC(=O)C1(C(=O)OCC)C[C@H]2CCC3=CCC[C@@]32C1. The van der Waals surface area contributed by atoms with Gasteiger partial charge in [-0.1, -0.05) is 11.6 Å². The van der Waals surface area contributed by atoms with Crippen molar-refractivity contribution in [2.24, 2.45) is 16.7 Å². The molecule has 0 amide bonds. The lowest BCUT2D eigenvalue weighted by molar-refractivity contribution is -0.172. The molecule has 0 aromatic heterocycles. The van der Waals surface area contributed by atoms with E-state index in [1.165, 1.54) is 5.57 Å². The summed E-state index contributed by atoms with van der Waals surface area (Å²) < 4.78 is 10.5. The van der Waals surface area contributed by atoms with E-state index in [2.05, 4.69) is 6.08 Å². The van der Waals surface area contributed by atoms with Crippen LogP contribution in [0, 0.1) is 16.7 Å². The Morgan fingerprint density at radius 1 is 1.24 bits per heavy atom. The lowest BCUT2D eigenvalue weighted by atomic mass is 9.75. The molecule has 2 saturated carbocycles. The Hall–Kier alpha value is -1.32. The summed E-state index contributed by atoms with van der Waals surface area (Å²) in [5.74, 6) is -0.322. The lowest BCUT2D eigenvalue weighted by Crippen LogP contribution is -2.41. The van der Waals surface area contributed by atoms with Crippen molar-refractivity contribution < 1.29 is 19.1 Å². The summed E-state index contributed by atoms with van der Waals surface area (Å²) in [7, 11) is 0. The standard InChI is InChI=1S/C17H24O4/c1-3-20-14(18)17(15(19)21-4-2)10-13-8-7-12-6-5-9-16(12,13)11-17/h6,13H,3-5,7-11H2,1-2H3/t13-,16-/m1/s1. The molecule has 116 valence electrons. The fourth-order valence-corrected chi connectivity index (χ4v) is 4.90. The summed E-state index contributed by atoms with van der Waals surface area (Å²) in [6, 6.07) is 0. The second-order valence-electron chi connectivity index (χ2n) is 6.56. The number of carbonyl (C=O) groups is 2. The summed E-state index contributed by atoms with van der Waals surface area (Å²) in [4.78, 5) is 25.1. The Balaban J connectivity index is 1.94. The molecule has 3 aliphatic rings. The van der Waals surface area contributed by atoms with Crippen molar-refractivity contribution >= 4 is 11.9 Å². The van der Waals surface area contributed by atoms with E-state index in [-0.39, 0.29) is 17.4 Å². The molecule has 3 aliphatic carbocycles. The second kappa shape index (κ2) is 5.15. The van der Waals surface area contributed by atoms with Crippen molar-refractivity contribution in [2.75, 3.05) is 13.2 Å². The maximum Gasteiger partial charge on any atom is 0.323 e. The van der Waals surface area contributed by atoms with E-state index < -0.39 is 5.41 Å². The van der Waals surface area contributed by atoms with Crippen LogP contribution in [-0.4, -0.2) is 25.2 Å². The molecule has 0 heterocycles. The first kappa shape index (κ1) is 14.6. The fraction of sp³-hybridized carbons (Fsp3) is 0.765. The zero-order chi connectivity index (χ0) is 15.1. The number of hydrogen-bond acceptors (Lipinski definition) is 4. The van der Waals surface area contributed by atoms with E-state index in [0.29, 0.717) is 32.0 Å². The molecule has 0 aromatic rings. The maximum atomic E-state index is 12.6. The van der Waals surface area contributed by atoms with Crippen LogP contribution in [0.2, 0.25) is 0 Å². The summed E-state index contributed by atoms with van der Waals surface area (Å²) >= 11 is 0. The molecule has 2 fully saturated rings. The number of esters is 2. The van der Waals surface area contributed by atoms with Gasteiger partial charge in [0.25, 0.3) is 0 Å². The molecule has 0 aliphatic heterocycles. The molecular formula is C17H24O4. The van der Waals surface area contributed by atoms with Gasteiger partial charge in [0.05, 0.1) is 13.2 Å². The second-order valence-corrected chi connectivity index (χ2v) is 6.56. The lowest BCUT2D eigenvalue weighted by Gasteiger charge is -2.29. The molecule has 2 atom stereocenters. The molecule has 21 heavy (non-hydrogen) atoms. The van der Waals surface area contributed by atoms with Crippen LogP contribution in [0.5, 0.6) is 0 Å². The highest BCUT2D eigenvalue weighted by molar-refractivity contribution is 6.00. The average molecular weight is 292 g/mol. The molecule has 0 bridgehead atoms. The van der Waals surface area contributed by atoms with Gasteiger partial charge in [0.1, 0.15) is 0 Å². The number of allylic oxidation sites excluding steroid dienone is 2. The Morgan fingerprint density at radius 3 is 2.52 bits per heavy atom. The minimum absolute atomic E-state index is 0.0690. The van der Waals surface area contributed by atoms with E-state index in [4.69, 9.17) is 9.47 Å². The van der Waals surface area contributed by atoms with Gasteiger partial charge in [-0.25, -0.2) is 0 Å². The Morgan fingerprint density at radius 2 is 1.90 bits per heavy atom. The third-order valence-electron chi connectivity index (χ3n) is 5.71. The molecule has 0 aromatic carbocycles. The van der Waals surface area contributed by atoms with Gasteiger partial charge in [0, 0.05) is 0 Å². The van der Waals surface area contributed by atoms with Gasteiger partial charge in [-0.2, -0.15) is 0 Å². The summed E-state index contributed by atoms with van der Waals surface area (Å²) in [6.45, 7) is 4.18. The number of ether oxygens (including phenoxy) is 2. The highest BCUT2D eigenvalue weighted by Crippen LogP contribution is 2.67. The molecule has 0 unspecified atom stereocenters. The van der Waals surface area contributed by atoms with Crippen LogP contribution in [0.15, 0.2) is 11.6 Å². The van der Waals surface area contributed by atoms with Crippen LogP contribution in [0.4, 0.5) is 0 Å². The van der Waals surface area contributed by atoms with E-state index in [1.54, 1.807) is 13.8 Å². The highest BCUT2D eigenvalue weighted by Gasteiger charge is 2.66. The molecule has 3 rings (SSSR count). The largest absolute Gasteiger partial charge is 0.465 e. The molecule has 0 saturated heterocycles. The quantitative estimate of drug-likeness (QED) is 0.454. The van der Waals surface area contributed by atoms with Gasteiger partial charge in [-0.3, -0.25) is 9.59 Å². The number of rotatable bonds is 4. The summed E-state index contributed by atoms with van der Waals surface area (Å²) in [5, 5.41) is 0. The van der Waals surface area contributed by atoms with Crippen LogP contribution in [0.3, 0.4) is 0 Å². The van der Waals surface area contributed by atoms with E-state index in [9.17, 15) is 9.59 Å². The summed E-state index contributed by atoms with van der Waals surface area (Å²) in [6.07, 6.45) is 7.89. The molecule has 0 N–H and O–H groups in total. The van der Waals surface area contributed by atoms with Crippen molar-refractivity contribution in [3.8, 4) is 0 Å². The summed E-state index contributed by atoms with van der Waals surface area (Å²) in [5.41, 5.74) is 0.475. The van der Waals surface area contributed by atoms with E-state index in [0.717, 1.165) is 25.7 Å². The van der Waals surface area contributed by atoms with Crippen molar-refractivity contribution in [1.29, 1.82) is 0 Å². The van der Waals surface area contributed by atoms with Gasteiger partial charge in [0.15, 0.2) is 5.41 Å².